The maximum atomic E-state index is 14.7. The number of aromatic hydroxyl groups is 3. The van der Waals surface area contributed by atoms with Crippen LogP contribution in [0.15, 0.2) is 65.5 Å². The Hall–Kier alpha value is -5.65. The molecule has 1 saturated heterocycles. The summed E-state index contributed by atoms with van der Waals surface area (Å²) in [6.07, 6.45) is 4.83. The highest BCUT2D eigenvalue weighted by molar-refractivity contribution is 6.30. The van der Waals surface area contributed by atoms with Crippen molar-refractivity contribution < 1.29 is 58.9 Å². The van der Waals surface area contributed by atoms with Crippen molar-refractivity contribution in [2.75, 3.05) is 25.5 Å². The Labute approximate surface area is 402 Å². The monoisotopic (exact) mass is 960 g/mol. The molecule has 0 aliphatic carbocycles. The summed E-state index contributed by atoms with van der Waals surface area (Å²) in [5.41, 5.74) is 0.664. The highest BCUT2D eigenvalue weighted by atomic mass is 35.5. The number of anilines is 1. The van der Waals surface area contributed by atoms with Crippen LogP contribution in [-0.2, 0) is 30.3 Å². The van der Waals surface area contributed by atoms with Crippen molar-refractivity contribution >= 4 is 51.9 Å². The van der Waals surface area contributed by atoms with Crippen LogP contribution in [0.1, 0.15) is 89.4 Å². The van der Waals surface area contributed by atoms with E-state index in [1.165, 1.54) is 59.4 Å². The van der Waals surface area contributed by atoms with Gasteiger partial charge in [0.2, 0.25) is 0 Å². The van der Waals surface area contributed by atoms with E-state index in [1.54, 1.807) is 39.8 Å². The fourth-order valence-electron chi connectivity index (χ4n) is 9.63. The Morgan fingerprint density at radius 3 is 2.19 bits per heavy atom. The average Bonchev–Trinajstić information content (AvgIpc) is 3.55. The largest absolute Gasteiger partial charge is 0.507 e. The molecule has 11 atom stereocenters. The van der Waals surface area contributed by atoms with Crippen LogP contribution in [-0.4, -0.2) is 122 Å². The highest BCUT2D eigenvalue weighted by Crippen LogP contribution is 2.55. The predicted molar refractivity (Wildman–Crippen MR) is 259 cm³/mol. The summed E-state index contributed by atoms with van der Waals surface area (Å²) < 4.78 is 23.8. The van der Waals surface area contributed by atoms with Gasteiger partial charge in [-0.3, -0.25) is 24.3 Å². The van der Waals surface area contributed by atoms with E-state index in [0.717, 1.165) is 5.56 Å². The van der Waals surface area contributed by atoms with Gasteiger partial charge in [-0.15, -0.1) is 0 Å². The molecule has 4 aliphatic rings. The second kappa shape index (κ2) is 20.9. The number of hydrogen-bond donors (Lipinski definition) is 6. The third kappa shape index (κ3) is 10.3. The van der Waals surface area contributed by atoms with Gasteiger partial charge < -0.3 is 49.8 Å². The van der Waals surface area contributed by atoms with Crippen LogP contribution < -0.4 is 10.1 Å². The molecule has 1 amide bonds. The van der Waals surface area contributed by atoms with Crippen LogP contribution in [0.4, 0.5) is 5.69 Å². The van der Waals surface area contributed by atoms with Crippen molar-refractivity contribution in [3.63, 3.8) is 0 Å². The molecule has 68 heavy (non-hydrogen) atoms. The van der Waals surface area contributed by atoms with E-state index in [9.17, 15) is 39.9 Å². The molecule has 6 N–H and O–H groups in total. The first-order valence-electron chi connectivity index (χ1n) is 22.9. The molecule has 0 aromatic heterocycles. The topological polar surface area (TPSA) is 220 Å². The molecule has 7 rings (SSSR count). The Morgan fingerprint density at radius 1 is 0.926 bits per heavy atom. The predicted octanol–water partition coefficient (Wildman–Crippen LogP) is 7.34. The zero-order chi connectivity index (χ0) is 50.1. The number of carbonyl (C=O) groups is 3. The number of carbonyl (C=O) groups excluding carboxylic acids is 3. The molecular weight excluding hydrogens is 896 g/mol. The summed E-state index contributed by atoms with van der Waals surface area (Å²) in [5.74, 6) is -8.54. The minimum absolute atomic E-state index is 0.0436. The van der Waals surface area contributed by atoms with Crippen LogP contribution in [0, 0.1) is 30.6 Å². The number of benzene rings is 3. The highest BCUT2D eigenvalue weighted by Gasteiger charge is 2.50. The third-order valence-electron chi connectivity index (χ3n) is 13.6. The van der Waals surface area contributed by atoms with Crippen molar-refractivity contribution in [2.45, 2.75) is 118 Å². The van der Waals surface area contributed by atoms with Gasteiger partial charge in [0.25, 0.3) is 11.7 Å². The molecule has 4 aliphatic heterocycles. The Balaban J connectivity index is 1.48. The summed E-state index contributed by atoms with van der Waals surface area (Å²) in [5, 5.41) is 68.8. The van der Waals surface area contributed by atoms with Crippen molar-refractivity contribution in [3.8, 4) is 23.0 Å². The molecule has 3 aromatic carbocycles. The molecule has 17 heteroatoms. The quantitative estimate of drug-likeness (QED) is 0.0617. The number of fused-ring (bicyclic) bond motifs is 14. The molecule has 16 nitrogen and oxygen atoms in total. The van der Waals surface area contributed by atoms with E-state index >= 15 is 0 Å². The number of piperazine rings is 1. The Kier molecular flexibility index (Phi) is 15.9. The number of ketones is 1. The summed E-state index contributed by atoms with van der Waals surface area (Å²) in [4.78, 5) is 43.4. The van der Waals surface area contributed by atoms with Gasteiger partial charge >= 0.3 is 11.8 Å². The average molecular weight is 962 g/mol. The van der Waals surface area contributed by atoms with Crippen molar-refractivity contribution in [3.05, 3.63) is 87.7 Å². The van der Waals surface area contributed by atoms with E-state index in [0.29, 0.717) is 24.7 Å². The van der Waals surface area contributed by atoms with Crippen LogP contribution in [0.5, 0.6) is 23.0 Å². The SMILES string of the molecule is COC1/C=C/OC2(C)Oc3c(C)c(O)c4c(O)c(c(/C=N/N5C(C)CN(Cc6ccc(Cl)cc6)CC5C)c(O)c4c3C2=O)NC(=O)/C(C)=C\C=C\C(C)C(O)C(C)C(O)C(C)C(OC(C)=O)C1C. The van der Waals surface area contributed by atoms with Gasteiger partial charge in [0, 0.05) is 85.8 Å². The molecule has 5 bridgehead atoms. The second-order valence-corrected chi connectivity index (χ2v) is 19.2. The molecule has 11 unspecified atom stereocenters. The summed E-state index contributed by atoms with van der Waals surface area (Å²) >= 11 is 6.12. The first-order chi connectivity index (χ1) is 32.0. The maximum absolute atomic E-state index is 14.7. The van der Waals surface area contributed by atoms with Gasteiger partial charge in [0.05, 0.1) is 65.1 Å². The molecule has 4 heterocycles. The number of nitrogens with zero attached hydrogens (tertiary/aromatic N) is 3. The smallest absolute Gasteiger partial charge is 0.312 e. The summed E-state index contributed by atoms with van der Waals surface area (Å²) in [6, 6.07) is 7.40. The molecular formula is C51H65ClN4O12. The lowest BCUT2D eigenvalue weighted by molar-refractivity contribution is -0.160. The molecule has 3 aromatic rings. The van der Waals surface area contributed by atoms with Crippen molar-refractivity contribution in [2.24, 2.45) is 28.8 Å². The number of rotatable bonds is 6. The normalized spacial score (nSPS) is 31.6. The van der Waals surface area contributed by atoms with E-state index in [1.807, 2.05) is 43.1 Å². The number of Topliss-reactive ketones (excluding diaryl/α,β-unsaturated/α-hetero) is 1. The number of hydrogen-bond acceptors (Lipinski definition) is 15. The van der Waals surface area contributed by atoms with Gasteiger partial charge in [-0.25, -0.2) is 0 Å². The van der Waals surface area contributed by atoms with Crippen molar-refractivity contribution in [1.29, 1.82) is 0 Å². The van der Waals surface area contributed by atoms with Gasteiger partial charge in [-0.2, -0.15) is 5.10 Å². The first-order valence-corrected chi connectivity index (χ1v) is 23.3. The number of phenolic OH excluding ortho intramolecular Hbond substituents is 3. The fourth-order valence-corrected chi connectivity index (χ4v) is 9.75. The lowest BCUT2D eigenvalue weighted by Crippen LogP contribution is -2.54. The Bertz CT molecular complexity index is 2510. The van der Waals surface area contributed by atoms with E-state index in [-0.39, 0.29) is 56.6 Å². The van der Waals surface area contributed by atoms with Crippen LogP contribution >= 0.6 is 11.6 Å². The second-order valence-electron chi connectivity index (χ2n) is 18.8. The number of esters is 1. The lowest BCUT2D eigenvalue weighted by Gasteiger charge is -2.42. The molecule has 0 saturated carbocycles. The van der Waals surface area contributed by atoms with Gasteiger partial charge in [-0.1, -0.05) is 69.7 Å². The van der Waals surface area contributed by atoms with Crippen LogP contribution in [0.3, 0.4) is 0 Å². The number of allylic oxidation sites excluding steroid dienone is 2. The number of halogens is 1. The number of amides is 1. The lowest BCUT2D eigenvalue weighted by atomic mass is 9.78. The number of aliphatic hydroxyl groups excluding tert-OH is 2. The summed E-state index contributed by atoms with van der Waals surface area (Å²) in [7, 11) is 1.44. The zero-order valence-electron chi connectivity index (χ0n) is 40.5. The molecule has 1 fully saturated rings. The minimum atomic E-state index is -2.07. The maximum Gasteiger partial charge on any atom is 0.312 e. The molecule has 0 spiro atoms. The van der Waals surface area contributed by atoms with Gasteiger partial charge in [0.15, 0.2) is 5.75 Å². The van der Waals surface area contributed by atoms with E-state index in [2.05, 4.69) is 10.2 Å². The van der Waals surface area contributed by atoms with Crippen molar-refractivity contribution in [1.82, 2.24) is 9.91 Å². The Morgan fingerprint density at radius 2 is 1.57 bits per heavy atom. The number of aliphatic hydroxyl groups is 2. The van der Waals surface area contributed by atoms with Crippen LogP contribution in [0.25, 0.3) is 10.8 Å². The van der Waals surface area contributed by atoms with Crippen LogP contribution in [0.2, 0.25) is 5.02 Å². The van der Waals surface area contributed by atoms with E-state index in [4.69, 9.17) is 35.6 Å². The van der Waals surface area contributed by atoms with Gasteiger partial charge in [0.1, 0.15) is 23.4 Å². The minimum Gasteiger partial charge on any atom is -0.507 e. The number of methoxy groups -OCH3 is 1. The first kappa shape index (κ1) is 51.7. The molecule has 368 valence electrons. The number of nitrogens with one attached hydrogen (secondary N) is 1. The van der Waals surface area contributed by atoms with E-state index < -0.39 is 88.8 Å². The standard InChI is InChI=1S/C51H65ClN4O12/c1-25-13-12-14-26(2)50(64)54-41-36(21-53-56-27(3)22-55(23-28(56)4)24-34-15-17-35(52)18-16-34)45(61)38-39(46(41)62)44(60)32(8)48-40(38)49(63)51(10,68-48)66-20-19-37(65-11)29(5)47(67-33(9)57)31(7)43(59)30(6)42(25)58/h12-21,25,27-31,37,42-43,47,58-62H,22-24H2,1-11H3,(H,54,64)/b13-12+,20-19+,26-14-,53-21+. The zero-order valence-corrected chi connectivity index (χ0v) is 41.2. The summed E-state index contributed by atoms with van der Waals surface area (Å²) in [6.45, 7) is 18.5. The molecule has 0 radical (unpaired) electrons. The number of hydrazone groups is 1. The number of ether oxygens (including phenoxy) is 4. The number of phenols is 3. The van der Waals surface area contributed by atoms with Gasteiger partial charge in [-0.05, 0) is 51.5 Å². The third-order valence-corrected chi connectivity index (χ3v) is 13.9. The fraction of sp³-hybridized carbons (Fsp3) is 0.490.